The highest BCUT2D eigenvalue weighted by molar-refractivity contribution is 5.79. The summed E-state index contributed by atoms with van der Waals surface area (Å²) < 4.78 is 12.7. The molecular formula is C15H18FNO3. The first-order chi connectivity index (χ1) is 9.40. The Balaban J connectivity index is 2.46. The van der Waals surface area contributed by atoms with Gasteiger partial charge in [-0.3, -0.25) is 9.59 Å². The summed E-state index contributed by atoms with van der Waals surface area (Å²) >= 11 is 0. The van der Waals surface area contributed by atoms with Crippen LogP contribution in [0.4, 0.5) is 4.39 Å². The summed E-state index contributed by atoms with van der Waals surface area (Å²) in [4.78, 5) is 23.9. The smallest absolute Gasteiger partial charge is 0.308 e. The Morgan fingerprint density at radius 1 is 1.35 bits per heavy atom. The van der Waals surface area contributed by atoms with Crippen molar-refractivity contribution in [1.82, 2.24) is 4.90 Å². The number of carbonyl (C=O) groups excluding carboxylic acids is 1. The molecule has 108 valence electrons. The Kier molecular flexibility index (Phi) is 5.90. The highest BCUT2D eigenvalue weighted by Gasteiger charge is 2.16. The zero-order valence-electron chi connectivity index (χ0n) is 11.5. The van der Waals surface area contributed by atoms with Gasteiger partial charge >= 0.3 is 5.97 Å². The van der Waals surface area contributed by atoms with Crippen LogP contribution in [0.25, 0.3) is 6.08 Å². The van der Waals surface area contributed by atoms with Crippen LogP contribution < -0.4 is 0 Å². The molecule has 0 saturated carbocycles. The molecule has 0 fully saturated rings. The van der Waals surface area contributed by atoms with E-state index in [1.165, 1.54) is 17.0 Å². The van der Waals surface area contributed by atoms with Crippen LogP contribution in [0.3, 0.4) is 0 Å². The number of rotatable bonds is 6. The molecule has 0 spiro atoms. The molecule has 1 atom stereocenters. The van der Waals surface area contributed by atoms with Gasteiger partial charge in [0.25, 0.3) is 0 Å². The lowest BCUT2D eigenvalue weighted by molar-refractivity contribution is -0.142. The maximum atomic E-state index is 12.7. The number of amides is 1. The van der Waals surface area contributed by atoms with Crippen LogP contribution in [0, 0.1) is 11.7 Å². The molecule has 5 heteroatoms. The van der Waals surface area contributed by atoms with Crippen molar-refractivity contribution in [3.8, 4) is 0 Å². The minimum absolute atomic E-state index is 0.156. The number of aliphatic carboxylic acids is 1. The van der Waals surface area contributed by atoms with Gasteiger partial charge in [-0.2, -0.15) is 0 Å². The molecule has 0 saturated heterocycles. The third kappa shape index (κ3) is 5.22. The Bertz CT molecular complexity index is 496. The fraction of sp³-hybridized carbons (Fsp3) is 0.333. The predicted molar refractivity (Wildman–Crippen MR) is 74.5 cm³/mol. The van der Waals surface area contributed by atoms with E-state index in [4.69, 9.17) is 5.11 Å². The largest absolute Gasteiger partial charge is 0.481 e. The quantitative estimate of drug-likeness (QED) is 0.870. The average Bonchev–Trinajstić information content (AvgIpc) is 2.40. The summed E-state index contributed by atoms with van der Waals surface area (Å²) in [5, 5.41) is 8.78. The molecule has 0 aliphatic heterocycles. The molecule has 0 radical (unpaired) electrons. The van der Waals surface area contributed by atoms with E-state index < -0.39 is 11.9 Å². The number of benzene rings is 1. The topological polar surface area (TPSA) is 57.6 Å². The fourth-order valence-corrected chi connectivity index (χ4v) is 1.62. The number of hydrogen-bond donors (Lipinski definition) is 1. The Labute approximate surface area is 117 Å². The van der Waals surface area contributed by atoms with E-state index in [1.54, 1.807) is 38.3 Å². The van der Waals surface area contributed by atoms with Crippen molar-refractivity contribution in [3.05, 3.63) is 41.7 Å². The molecule has 1 rings (SSSR count). The molecule has 4 nitrogen and oxygen atoms in total. The molecule has 1 unspecified atom stereocenters. The molecule has 0 aromatic heterocycles. The van der Waals surface area contributed by atoms with Crippen LogP contribution in [-0.4, -0.2) is 35.5 Å². The molecule has 20 heavy (non-hydrogen) atoms. The van der Waals surface area contributed by atoms with Gasteiger partial charge in [-0.25, -0.2) is 4.39 Å². The SMILES string of the molecule is CC(CN(C)C(=O)C/C=C/c1ccc(F)cc1)C(=O)O. The first kappa shape index (κ1) is 15.9. The highest BCUT2D eigenvalue weighted by atomic mass is 19.1. The van der Waals surface area contributed by atoms with E-state index in [0.717, 1.165) is 5.56 Å². The van der Waals surface area contributed by atoms with Gasteiger partial charge in [0.05, 0.1) is 5.92 Å². The van der Waals surface area contributed by atoms with Crippen molar-refractivity contribution in [2.75, 3.05) is 13.6 Å². The lowest BCUT2D eigenvalue weighted by atomic mass is 10.1. The first-order valence-electron chi connectivity index (χ1n) is 6.29. The zero-order valence-corrected chi connectivity index (χ0v) is 11.5. The second kappa shape index (κ2) is 7.43. The van der Waals surface area contributed by atoms with Gasteiger partial charge in [-0.05, 0) is 17.7 Å². The summed E-state index contributed by atoms with van der Waals surface area (Å²) in [5.41, 5.74) is 0.806. The molecular weight excluding hydrogens is 261 g/mol. The summed E-state index contributed by atoms with van der Waals surface area (Å²) in [6.45, 7) is 1.74. The summed E-state index contributed by atoms with van der Waals surface area (Å²) in [6.07, 6.45) is 3.59. The van der Waals surface area contributed by atoms with Gasteiger partial charge in [0.2, 0.25) is 5.91 Å². The first-order valence-corrected chi connectivity index (χ1v) is 6.29. The summed E-state index contributed by atoms with van der Waals surface area (Å²) in [5.74, 6) is -1.98. The molecule has 0 heterocycles. The monoisotopic (exact) mass is 279 g/mol. The molecule has 1 aromatic rings. The molecule has 0 bridgehead atoms. The van der Waals surface area contributed by atoms with E-state index >= 15 is 0 Å². The lowest BCUT2D eigenvalue weighted by Gasteiger charge is -2.18. The molecule has 1 N–H and O–H groups in total. The fourth-order valence-electron chi connectivity index (χ4n) is 1.62. The number of halogens is 1. The van der Waals surface area contributed by atoms with Crippen LogP contribution in [0.15, 0.2) is 30.3 Å². The van der Waals surface area contributed by atoms with Gasteiger partial charge in [0, 0.05) is 20.0 Å². The van der Waals surface area contributed by atoms with Crippen LogP contribution in [0.1, 0.15) is 18.9 Å². The molecule has 0 aliphatic carbocycles. The van der Waals surface area contributed by atoms with Crippen LogP contribution in [-0.2, 0) is 9.59 Å². The van der Waals surface area contributed by atoms with E-state index in [9.17, 15) is 14.0 Å². The number of hydrogen-bond acceptors (Lipinski definition) is 2. The number of carboxylic acid groups (broad SMARTS) is 1. The minimum Gasteiger partial charge on any atom is -0.481 e. The Hall–Kier alpha value is -2.17. The van der Waals surface area contributed by atoms with Gasteiger partial charge < -0.3 is 10.0 Å². The van der Waals surface area contributed by atoms with Crippen molar-refractivity contribution >= 4 is 18.0 Å². The molecule has 1 aromatic carbocycles. The second-order valence-corrected chi connectivity index (χ2v) is 4.67. The van der Waals surface area contributed by atoms with Crippen LogP contribution in [0.5, 0.6) is 0 Å². The molecule has 0 aliphatic rings. The van der Waals surface area contributed by atoms with Gasteiger partial charge in [-0.15, -0.1) is 0 Å². The maximum absolute atomic E-state index is 12.7. The second-order valence-electron chi connectivity index (χ2n) is 4.67. The van der Waals surface area contributed by atoms with Crippen molar-refractivity contribution in [2.24, 2.45) is 5.92 Å². The normalized spacial score (nSPS) is 12.3. The Morgan fingerprint density at radius 3 is 2.50 bits per heavy atom. The van der Waals surface area contributed by atoms with Gasteiger partial charge in [0.15, 0.2) is 0 Å². The van der Waals surface area contributed by atoms with Crippen molar-refractivity contribution in [2.45, 2.75) is 13.3 Å². The van der Waals surface area contributed by atoms with Crippen molar-refractivity contribution < 1.29 is 19.1 Å². The highest BCUT2D eigenvalue weighted by Crippen LogP contribution is 2.06. The van der Waals surface area contributed by atoms with Crippen LogP contribution in [0.2, 0.25) is 0 Å². The Morgan fingerprint density at radius 2 is 1.95 bits per heavy atom. The minimum atomic E-state index is -0.925. The van der Waals surface area contributed by atoms with E-state index in [-0.39, 0.29) is 24.7 Å². The zero-order chi connectivity index (χ0) is 15.1. The standard InChI is InChI=1S/C15H18FNO3/c1-11(15(19)20)10-17(2)14(18)5-3-4-12-6-8-13(16)9-7-12/h3-4,6-9,11H,5,10H2,1-2H3,(H,19,20)/b4-3+. The van der Waals surface area contributed by atoms with Crippen LogP contribution >= 0.6 is 0 Å². The maximum Gasteiger partial charge on any atom is 0.308 e. The number of carboxylic acids is 1. The van der Waals surface area contributed by atoms with Gasteiger partial charge in [0.1, 0.15) is 5.82 Å². The van der Waals surface area contributed by atoms with Crippen molar-refractivity contribution in [1.29, 1.82) is 0 Å². The van der Waals surface area contributed by atoms with E-state index in [1.807, 2.05) is 0 Å². The summed E-state index contributed by atoms with van der Waals surface area (Å²) in [6, 6.07) is 5.93. The van der Waals surface area contributed by atoms with E-state index in [2.05, 4.69) is 0 Å². The lowest BCUT2D eigenvalue weighted by Crippen LogP contribution is -2.33. The van der Waals surface area contributed by atoms with Gasteiger partial charge in [-0.1, -0.05) is 31.2 Å². The third-order valence-corrected chi connectivity index (χ3v) is 2.87. The van der Waals surface area contributed by atoms with E-state index in [0.29, 0.717) is 0 Å². The summed E-state index contributed by atoms with van der Waals surface area (Å²) in [7, 11) is 1.58. The third-order valence-electron chi connectivity index (χ3n) is 2.87. The van der Waals surface area contributed by atoms with Crippen molar-refractivity contribution in [3.63, 3.8) is 0 Å². The molecule has 1 amide bonds. The average molecular weight is 279 g/mol. The predicted octanol–water partition coefficient (Wildman–Crippen LogP) is 2.41. The number of carbonyl (C=O) groups is 2. The number of nitrogens with zero attached hydrogens (tertiary/aromatic N) is 1.